The molecule has 1 aromatic rings. The SMILES string of the molecule is CCNC(c1cc(C)cnc1N)C1CCS(=O)(=O)C1. The second-order valence-electron chi connectivity index (χ2n) is 5.19. The van der Waals surface area contributed by atoms with Crippen LogP contribution in [0.15, 0.2) is 12.3 Å². The molecule has 2 rings (SSSR count). The normalized spacial score (nSPS) is 23.4. The van der Waals surface area contributed by atoms with Gasteiger partial charge in [0.05, 0.1) is 11.5 Å². The van der Waals surface area contributed by atoms with Gasteiger partial charge in [-0.05, 0) is 37.4 Å². The minimum Gasteiger partial charge on any atom is -0.383 e. The van der Waals surface area contributed by atoms with Gasteiger partial charge < -0.3 is 11.1 Å². The Hall–Kier alpha value is -1.14. The van der Waals surface area contributed by atoms with Crippen molar-refractivity contribution in [2.75, 3.05) is 23.8 Å². The van der Waals surface area contributed by atoms with Crippen LogP contribution in [0.4, 0.5) is 5.82 Å². The Morgan fingerprint density at radius 1 is 1.58 bits per heavy atom. The van der Waals surface area contributed by atoms with E-state index in [1.807, 2.05) is 19.9 Å². The van der Waals surface area contributed by atoms with Crippen LogP contribution in [0, 0.1) is 12.8 Å². The molecule has 1 aromatic heterocycles. The summed E-state index contributed by atoms with van der Waals surface area (Å²) in [6, 6.07) is 1.97. The van der Waals surface area contributed by atoms with E-state index >= 15 is 0 Å². The van der Waals surface area contributed by atoms with Gasteiger partial charge in [-0.2, -0.15) is 0 Å². The molecule has 0 bridgehead atoms. The molecule has 5 nitrogen and oxygen atoms in total. The maximum Gasteiger partial charge on any atom is 0.150 e. The number of anilines is 1. The highest BCUT2D eigenvalue weighted by molar-refractivity contribution is 7.91. The molecule has 1 aliphatic heterocycles. The van der Waals surface area contributed by atoms with E-state index in [4.69, 9.17) is 5.73 Å². The molecule has 6 heteroatoms. The van der Waals surface area contributed by atoms with Gasteiger partial charge in [0.15, 0.2) is 9.84 Å². The van der Waals surface area contributed by atoms with Crippen molar-refractivity contribution < 1.29 is 8.42 Å². The molecule has 0 amide bonds. The number of rotatable bonds is 4. The molecule has 106 valence electrons. The van der Waals surface area contributed by atoms with Gasteiger partial charge in [0.25, 0.3) is 0 Å². The fourth-order valence-electron chi connectivity index (χ4n) is 2.69. The molecule has 3 N–H and O–H groups in total. The molecule has 0 spiro atoms. The first-order valence-corrected chi connectivity index (χ1v) is 8.41. The predicted octanol–water partition coefficient (Wildman–Crippen LogP) is 1.06. The third-order valence-corrected chi connectivity index (χ3v) is 5.38. The first-order valence-electron chi connectivity index (χ1n) is 6.59. The van der Waals surface area contributed by atoms with Gasteiger partial charge in [-0.15, -0.1) is 0 Å². The number of aryl methyl sites for hydroxylation is 1. The fraction of sp³-hybridized carbons (Fsp3) is 0.615. The molecule has 0 aromatic carbocycles. The van der Waals surface area contributed by atoms with Gasteiger partial charge >= 0.3 is 0 Å². The van der Waals surface area contributed by atoms with E-state index in [1.54, 1.807) is 6.20 Å². The van der Waals surface area contributed by atoms with Gasteiger partial charge in [-0.3, -0.25) is 0 Å². The Balaban J connectivity index is 2.32. The topological polar surface area (TPSA) is 85.1 Å². The molecule has 0 radical (unpaired) electrons. The molecule has 2 unspecified atom stereocenters. The van der Waals surface area contributed by atoms with Gasteiger partial charge in [0.2, 0.25) is 0 Å². The maximum absolute atomic E-state index is 11.7. The summed E-state index contributed by atoms with van der Waals surface area (Å²) in [5, 5.41) is 3.36. The highest BCUT2D eigenvalue weighted by atomic mass is 32.2. The van der Waals surface area contributed by atoms with Gasteiger partial charge in [0.1, 0.15) is 5.82 Å². The number of pyridine rings is 1. The summed E-state index contributed by atoms with van der Waals surface area (Å²) in [7, 11) is -2.89. The van der Waals surface area contributed by atoms with Crippen molar-refractivity contribution in [2.45, 2.75) is 26.3 Å². The van der Waals surface area contributed by atoms with Crippen molar-refractivity contribution in [1.29, 1.82) is 0 Å². The van der Waals surface area contributed by atoms with E-state index in [-0.39, 0.29) is 23.5 Å². The summed E-state index contributed by atoms with van der Waals surface area (Å²) in [5.41, 5.74) is 7.91. The second-order valence-corrected chi connectivity index (χ2v) is 7.41. The Morgan fingerprint density at radius 3 is 2.89 bits per heavy atom. The van der Waals surface area contributed by atoms with Crippen molar-refractivity contribution in [1.82, 2.24) is 10.3 Å². The zero-order chi connectivity index (χ0) is 14.0. The summed E-state index contributed by atoms with van der Waals surface area (Å²) >= 11 is 0. The Bertz CT molecular complexity index is 557. The van der Waals surface area contributed by atoms with Crippen molar-refractivity contribution in [3.05, 3.63) is 23.4 Å². The number of nitrogen functional groups attached to an aromatic ring is 1. The quantitative estimate of drug-likeness (QED) is 0.863. The average Bonchev–Trinajstić information content (AvgIpc) is 2.70. The summed E-state index contributed by atoms with van der Waals surface area (Å²) in [4.78, 5) is 4.18. The molecule has 2 heterocycles. The van der Waals surface area contributed by atoms with E-state index in [0.717, 1.165) is 17.7 Å². The molecule has 0 saturated carbocycles. The molecular weight excluding hydrogens is 262 g/mol. The molecule has 1 aliphatic rings. The highest BCUT2D eigenvalue weighted by Crippen LogP contribution is 2.33. The van der Waals surface area contributed by atoms with Crippen LogP contribution in [-0.2, 0) is 9.84 Å². The lowest BCUT2D eigenvalue weighted by Gasteiger charge is -2.25. The summed E-state index contributed by atoms with van der Waals surface area (Å²) in [6.45, 7) is 4.74. The number of sulfone groups is 1. The predicted molar refractivity (Wildman–Crippen MR) is 76.6 cm³/mol. The average molecular weight is 283 g/mol. The summed E-state index contributed by atoms with van der Waals surface area (Å²) in [6.07, 6.45) is 2.42. The van der Waals surface area contributed by atoms with Gasteiger partial charge in [-0.1, -0.05) is 6.92 Å². The zero-order valence-corrected chi connectivity index (χ0v) is 12.2. The van der Waals surface area contributed by atoms with Gasteiger partial charge in [0, 0.05) is 17.8 Å². The minimum atomic E-state index is -2.89. The third kappa shape index (κ3) is 3.25. The lowest BCUT2D eigenvalue weighted by Crippen LogP contribution is -2.30. The summed E-state index contributed by atoms with van der Waals surface area (Å²) in [5.74, 6) is 1.08. The molecule has 1 fully saturated rings. The fourth-order valence-corrected chi connectivity index (χ4v) is 4.53. The standard InChI is InChI=1S/C13H21N3O2S/c1-3-15-12(10-4-5-19(17,18)8-10)11-6-9(2)7-16-13(11)14/h6-7,10,12,15H,3-5,8H2,1-2H3,(H2,14,16). The first kappa shape index (κ1) is 14.3. The molecule has 0 aliphatic carbocycles. The Morgan fingerprint density at radius 2 is 2.32 bits per heavy atom. The first-order chi connectivity index (χ1) is 8.93. The van der Waals surface area contributed by atoms with Crippen LogP contribution in [0.3, 0.4) is 0 Å². The van der Waals surface area contributed by atoms with Crippen LogP contribution in [-0.4, -0.2) is 31.5 Å². The zero-order valence-electron chi connectivity index (χ0n) is 11.4. The van der Waals surface area contributed by atoms with Crippen molar-refractivity contribution in [3.63, 3.8) is 0 Å². The van der Waals surface area contributed by atoms with Crippen LogP contribution in [0.2, 0.25) is 0 Å². The van der Waals surface area contributed by atoms with Crippen molar-refractivity contribution in [2.24, 2.45) is 5.92 Å². The third-order valence-electron chi connectivity index (χ3n) is 3.58. The molecule has 2 atom stereocenters. The Labute approximate surface area is 114 Å². The van der Waals surface area contributed by atoms with Crippen LogP contribution in [0.25, 0.3) is 0 Å². The molecular formula is C13H21N3O2S. The Kier molecular flexibility index (Phi) is 4.10. The number of hydrogen-bond acceptors (Lipinski definition) is 5. The van der Waals surface area contributed by atoms with Crippen LogP contribution < -0.4 is 11.1 Å². The van der Waals surface area contributed by atoms with Gasteiger partial charge in [-0.25, -0.2) is 13.4 Å². The van der Waals surface area contributed by atoms with E-state index in [2.05, 4.69) is 10.3 Å². The highest BCUT2D eigenvalue weighted by Gasteiger charge is 2.35. The van der Waals surface area contributed by atoms with E-state index in [9.17, 15) is 8.42 Å². The molecule has 19 heavy (non-hydrogen) atoms. The van der Waals surface area contributed by atoms with Crippen molar-refractivity contribution in [3.8, 4) is 0 Å². The van der Waals surface area contributed by atoms with Crippen LogP contribution in [0.5, 0.6) is 0 Å². The van der Waals surface area contributed by atoms with Crippen LogP contribution in [0.1, 0.15) is 30.5 Å². The van der Waals surface area contributed by atoms with E-state index in [1.165, 1.54) is 0 Å². The monoisotopic (exact) mass is 283 g/mol. The van der Waals surface area contributed by atoms with E-state index in [0.29, 0.717) is 12.2 Å². The van der Waals surface area contributed by atoms with Crippen molar-refractivity contribution >= 4 is 15.7 Å². The number of nitrogens with two attached hydrogens (primary N) is 1. The number of hydrogen-bond donors (Lipinski definition) is 2. The van der Waals surface area contributed by atoms with E-state index < -0.39 is 9.84 Å². The molecule has 1 saturated heterocycles. The largest absolute Gasteiger partial charge is 0.383 e. The maximum atomic E-state index is 11.7. The summed E-state index contributed by atoms with van der Waals surface area (Å²) < 4.78 is 23.3. The minimum absolute atomic E-state index is 0.0327. The lowest BCUT2D eigenvalue weighted by molar-refractivity contribution is 0.400. The number of nitrogens with one attached hydrogen (secondary N) is 1. The number of aromatic nitrogens is 1. The smallest absolute Gasteiger partial charge is 0.150 e. The lowest BCUT2D eigenvalue weighted by atomic mass is 9.92. The van der Waals surface area contributed by atoms with Crippen LogP contribution >= 0.6 is 0 Å². The number of nitrogens with zero attached hydrogens (tertiary/aromatic N) is 1. The second kappa shape index (κ2) is 5.46.